The van der Waals surface area contributed by atoms with Crippen molar-refractivity contribution in [1.82, 2.24) is 5.32 Å². The third-order valence-corrected chi connectivity index (χ3v) is 5.74. The van der Waals surface area contributed by atoms with Gasteiger partial charge in [-0.2, -0.15) is 5.26 Å². The molecule has 1 heterocycles. The van der Waals surface area contributed by atoms with Gasteiger partial charge in [0.15, 0.2) is 0 Å². The third kappa shape index (κ3) is 5.35. The minimum Gasteiger partial charge on any atom is -0.497 e. The number of carbonyl (C=O) groups excluding carboxylic acids is 1. The molecule has 162 valence electrons. The number of nitro groups is 1. The lowest BCUT2D eigenvalue weighted by Crippen LogP contribution is -2.23. The highest BCUT2D eigenvalue weighted by Crippen LogP contribution is 2.37. The summed E-state index contributed by atoms with van der Waals surface area (Å²) in [5.41, 5.74) is 0.855. The summed E-state index contributed by atoms with van der Waals surface area (Å²) < 4.78 is 10.9. The van der Waals surface area contributed by atoms with E-state index in [1.54, 1.807) is 43.5 Å². The number of nitrogens with zero attached hydrogens (tertiary/aromatic N) is 2. The number of carbonyl (C=O) groups is 1. The van der Waals surface area contributed by atoms with Crippen molar-refractivity contribution in [2.45, 2.75) is 6.54 Å². The van der Waals surface area contributed by atoms with Crippen LogP contribution >= 0.6 is 27.5 Å². The number of hydrogen-bond donors (Lipinski definition) is 1. The second-order valence-corrected chi connectivity index (χ2v) is 7.65. The smallest absolute Gasteiger partial charge is 0.285 e. The summed E-state index contributed by atoms with van der Waals surface area (Å²) in [5.74, 6) is 0.662. The molecule has 3 rings (SSSR count). The summed E-state index contributed by atoms with van der Waals surface area (Å²) in [6, 6.07) is 14.9. The number of amides is 1. The van der Waals surface area contributed by atoms with Crippen molar-refractivity contribution >= 4 is 45.2 Å². The molecule has 0 atom stereocenters. The summed E-state index contributed by atoms with van der Waals surface area (Å²) in [6.07, 6.45) is 1.29. The molecule has 2 aromatic carbocycles. The molecule has 0 unspecified atom stereocenters. The maximum Gasteiger partial charge on any atom is 0.285 e. The summed E-state index contributed by atoms with van der Waals surface area (Å²) in [7, 11) is 1.56. The minimum atomic E-state index is -0.566. The first-order valence-corrected chi connectivity index (χ1v) is 10.3. The van der Waals surface area contributed by atoms with Gasteiger partial charge in [0.2, 0.25) is 0 Å². The standard InChI is InChI=1S/C22H15BrClN3O5/c1-31-16-4-2-13(3-5-16)12-26-22(28)15(11-25)8-17-6-7-20(32-17)14-9-18(24)21(23)19(10-14)27(29)30/h2-10H,12H2,1H3,(H,26,28)/b15-8-. The van der Waals surface area contributed by atoms with Crippen molar-refractivity contribution in [3.05, 3.63) is 85.0 Å². The SMILES string of the molecule is COc1ccc(CNC(=O)/C(C#N)=C\c2ccc(-c3cc(Cl)c(Br)c([N+](=O)[O-])c3)o2)cc1. The van der Waals surface area contributed by atoms with Gasteiger partial charge in [0, 0.05) is 24.3 Å². The molecule has 10 heteroatoms. The lowest BCUT2D eigenvalue weighted by atomic mass is 10.1. The van der Waals surface area contributed by atoms with Crippen LogP contribution in [0.25, 0.3) is 17.4 Å². The van der Waals surface area contributed by atoms with Crippen LogP contribution in [-0.4, -0.2) is 17.9 Å². The summed E-state index contributed by atoms with van der Waals surface area (Å²) >= 11 is 9.15. The van der Waals surface area contributed by atoms with Crippen LogP contribution in [0.15, 0.2) is 63.0 Å². The molecule has 0 aliphatic rings. The lowest BCUT2D eigenvalue weighted by Gasteiger charge is -2.05. The molecule has 0 spiro atoms. The Hall–Kier alpha value is -3.61. The lowest BCUT2D eigenvalue weighted by molar-refractivity contribution is -0.385. The number of nitrogens with one attached hydrogen (secondary N) is 1. The predicted molar refractivity (Wildman–Crippen MR) is 122 cm³/mol. The number of nitriles is 1. The van der Waals surface area contributed by atoms with E-state index in [-0.39, 0.29) is 33.1 Å². The van der Waals surface area contributed by atoms with Crippen LogP contribution in [0.2, 0.25) is 5.02 Å². The fraction of sp³-hybridized carbons (Fsp3) is 0.0909. The normalized spacial score (nSPS) is 11.0. The zero-order valence-corrected chi connectivity index (χ0v) is 18.9. The molecule has 0 aliphatic heterocycles. The molecule has 0 fully saturated rings. The Morgan fingerprint density at radius 1 is 1.31 bits per heavy atom. The van der Waals surface area contributed by atoms with Crippen LogP contribution in [0.5, 0.6) is 5.75 Å². The average Bonchev–Trinajstić information content (AvgIpc) is 3.26. The maximum absolute atomic E-state index is 12.4. The molecule has 0 saturated carbocycles. The molecular weight excluding hydrogens is 502 g/mol. The van der Waals surface area contributed by atoms with Crippen molar-refractivity contribution in [2.75, 3.05) is 7.11 Å². The molecular formula is C22H15BrClN3O5. The van der Waals surface area contributed by atoms with Crippen molar-refractivity contribution in [3.8, 4) is 23.1 Å². The number of benzene rings is 2. The Balaban J connectivity index is 1.77. The molecule has 0 radical (unpaired) electrons. The molecule has 32 heavy (non-hydrogen) atoms. The van der Waals surface area contributed by atoms with Gasteiger partial charge in [-0.05, 0) is 51.8 Å². The van der Waals surface area contributed by atoms with Gasteiger partial charge < -0.3 is 14.5 Å². The molecule has 1 aromatic heterocycles. The fourth-order valence-corrected chi connectivity index (χ4v) is 3.34. The van der Waals surface area contributed by atoms with E-state index >= 15 is 0 Å². The van der Waals surface area contributed by atoms with E-state index in [0.29, 0.717) is 17.1 Å². The highest BCUT2D eigenvalue weighted by molar-refractivity contribution is 9.10. The first-order chi connectivity index (χ1) is 15.3. The summed E-state index contributed by atoms with van der Waals surface area (Å²) in [4.78, 5) is 23.0. The van der Waals surface area contributed by atoms with Gasteiger partial charge >= 0.3 is 0 Å². The quantitative estimate of drug-likeness (QED) is 0.192. The predicted octanol–water partition coefficient (Wildman–Crippen LogP) is 5.50. The van der Waals surface area contributed by atoms with Gasteiger partial charge in [-0.1, -0.05) is 23.7 Å². The van der Waals surface area contributed by atoms with E-state index in [2.05, 4.69) is 21.2 Å². The molecule has 0 bridgehead atoms. The van der Waals surface area contributed by atoms with Crippen LogP contribution in [0.3, 0.4) is 0 Å². The fourth-order valence-electron chi connectivity index (χ4n) is 2.75. The minimum absolute atomic E-state index is 0.151. The van der Waals surface area contributed by atoms with E-state index in [4.69, 9.17) is 20.8 Å². The van der Waals surface area contributed by atoms with E-state index in [1.807, 2.05) is 6.07 Å². The van der Waals surface area contributed by atoms with Crippen LogP contribution in [-0.2, 0) is 11.3 Å². The molecule has 1 N–H and O–H groups in total. The number of methoxy groups -OCH3 is 1. The topological polar surface area (TPSA) is 118 Å². The molecule has 1 amide bonds. The van der Waals surface area contributed by atoms with Gasteiger partial charge in [-0.15, -0.1) is 0 Å². The zero-order chi connectivity index (χ0) is 23.3. The van der Waals surface area contributed by atoms with Gasteiger partial charge in [0.1, 0.15) is 33.4 Å². The van der Waals surface area contributed by atoms with Crippen LogP contribution in [0, 0.1) is 21.4 Å². The number of ether oxygens (including phenoxy) is 1. The highest BCUT2D eigenvalue weighted by atomic mass is 79.9. The summed E-state index contributed by atoms with van der Waals surface area (Å²) in [6.45, 7) is 0.228. The van der Waals surface area contributed by atoms with E-state index < -0.39 is 10.8 Å². The molecule has 3 aromatic rings. The number of rotatable bonds is 7. The highest BCUT2D eigenvalue weighted by Gasteiger charge is 2.19. The van der Waals surface area contributed by atoms with Crippen LogP contribution in [0.1, 0.15) is 11.3 Å². The Morgan fingerprint density at radius 2 is 2.03 bits per heavy atom. The van der Waals surface area contributed by atoms with E-state index in [0.717, 1.165) is 5.56 Å². The van der Waals surface area contributed by atoms with E-state index in [1.165, 1.54) is 18.2 Å². The van der Waals surface area contributed by atoms with Crippen LogP contribution in [0.4, 0.5) is 5.69 Å². The monoisotopic (exact) mass is 515 g/mol. The Labute approximate surface area is 196 Å². The van der Waals surface area contributed by atoms with Gasteiger partial charge in [-0.25, -0.2) is 0 Å². The number of halogens is 2. The van der Waals surface area contributed by atoms with Gasteiger partial charge in [-0.3, -0.25) is 14.9 Å². The number of hydrogen-bond acceptors (Lipinski definition) is 6. The van der Waals surface area contributed by atoms with Crippen molar-refractivity contribution in [1.29, 1.82) is 5.26 Å². The van der Waals surface area contributed by atoms with Crippen LogP contribution < -0.4 is 10.1 Å². The number of nitro benzene ring substituents is 1. The third-order valence-electron chi connectivity index (χ3n) is 4.38. The molecule has 0 saturated heterocycles. The van der Waals surface area contributed by atoms with Gasteiger partial charge in [0.05, 0.1) is 17.1 Å². The first-order valence-electron chi connectivity index (χ1n) is 9.09. The van der Waals surface area contributed by atoms with Crippen molar-refractivity contribution in [2.24, 2.45) is 0 Å². The van der Waals surface area contributed by atoms with Gasteiger partial charge in [0.25, 0.3) is 11.6 Å². The largest absolute Gasteiger partial charge is 0.497 e. The van der Waals surface area contributed by atoms with Crippen molar-refractivity contribution in [3.63, 3.8) is 0 Å². The first kappa shape index (κ1) is 23.1. The summed E-state index contributed by atoms with van der Waals surface area (Å²) in [5, 5.41) is 23.4. The maximum atomic E-state index is 12.4. The average molecular weight is 517 g/mol. The van der Waals surface area contributed by atoms with E-state index in [9.17, 15) is 20.2 Å². The van der Waals surface area contributed by atoms with Crippen molar-refractivity contribution < 1.29 is 18.9 Å². The second-order valence-electron chi connectivity index (χ2n) is 6.45. The molecule has 8 nitrogen and oxygen atoms in total. The Morgan fingerprint density at radius 3 is 2.66 bits per heavy atom. The second kappa shape index (κ2) is 10.1. The Bertz CT molecular complexity index is 1250. The number of furan rings is 1. The zero-order valence-electron chi connectivity index (χ0n) is 16.6. The molecule has 0 aliphatic carbocycles. The Kier molecular flexibility index (Phi) is 7.30.